The van der Waals surface area contributed by atoms with Gasteiger partial charge in [-0.05, 0) is 37.0 Å². The molecule has 0 saturated carbocycles. The number of carbonyl (C=O) groups is 2. The highest BCUT2D eigenvalue weighted by Gasteiger charge is 2.16. The summed E-state index contributed by atoms with van der Waals surface area (Å²) in [6, 6.07) is 7.36. The van der Waals surface area contributed by atoms with Crippen molar-refractivity contribution in [2.75, 3.05) is 13.2 Å². The average molecular weight is 318 g/mol. The fourth-order valence-electron chi connectivity index (χ4n) is 2.56. The van der Waals surface area contributed by atoms with Gasteiger partial charge in [-0.1, -0.05) is 25.5 Å². The van der Waals surface area contributed by atoms with Crippen molar-refractivity contribution < 1.29 is 14.3 Å². The predicted molar refractivity (Wildman–Crippen MR) is 89.1 cm³/mol. The van der Waals surface area contributed by atoms with Gasteiger partial charge in [0.1, 0.15) is 0 Å². The molecule has 1 aromatic carbocycles. The van der Waals surface area contributed by atoms with Gasteiger partial charge >= 0.3 is 0 Å². The SMILES string of the molecule is CCCCC(=O)NCc1cccc(C(=O)NCC2CCCO2)c1. The van der Waals surface area contributed by atoms with Crippen molar-refractivity contribution >= 4 is 11.8 Å². The highest BCUT2D eigenvalue weighted by Crippen LogP contribution is 2.11. The minimum absolute atomic E-state index is 0.0556. The summed E-state index contributed by atoms with van der Waals surface area (Å²) in [5.74, 6) is -0.0419. The average Bonchev–Trinajstić information content (AvgIpc) is 3.09. The Labute approximate surface area is 137 Å². The lowest BCUT2D eigenvalue weighted by Gasteiger charge is -2.11. The first-order valence-corrected chi connectivity index (χ1v) is 8.44. The number of amides is 2. The lowest BCUT2D eigenvalue weighted by Crippen LogP contribution is -2.31. The summed E-state index contributed by atoms with van der Waals surface area (Å²) < 4.78 is 5.50. The fourth-order valence-corrected chi connectivity index (χ4v) is 2.56. The third-order valence-electron chi connectivity index (χ3n) is 3.95. The largest absolute Gasteiger partial charge is 0.376 e. The van der Waals surface area contributed by atoms with Gasteiger partial charge in [0.2, 0.25) is 5.91 Å². The molecule has 1 aliphatic rings. The monoisotopic (exact) mass is 318 g/mol. The van der Waals surface area contributed by atoms with Crippen LogP contribution in [0.1, 0.15) is 54.9 Å². The van der Waals surface area contributed by atoms with Gasteiger partial charge in [-0.15, -0.1) is 0 Å². The van der Waals surface area contributed by atoms with E-state index in [-0.39, 0.29) is 17.9 Å². The first-order chi connectivity index (χ1) is 11.2. The van der Waals surface area contributed by atoms with E-state index in [1.165, 1.54) is 0 Å². The van der Waals surface area contributed by atoms with E-state index in [1.54, 1.807) is 6.07 Å². The molecule has 0 radical (unpaired) electrons. The van der Waals surface area contributed by atoms with Crippen molar-refractivity contribution in [3.05, 3.63) is 35.4 Å². The molecule has 1 unspecified atom stereocenters. The summed E-state index contributed by atoms with van der Waals surface area (Å²) in [5, 5.41) is 5.80. The lowest BCUT2D eigenvalue weighted by molar-refractivity contribution is -0.121. The molecule has 0 bridgehead atoms. The van der Waals surface area contributed by atoms with E-state index < -0.39 is 0 Å². The molecule has 2 amide bonds. The third kappa shape index (κ3) is 6.02. The molecule has 2 N–H and O–H groups in total. The summed E-state index contributed by atoms with van der Waals surface area (Å²) >= 11 is 0. The number of ether oxygens (including phenoxy) is 1. The van der Waals surface area contributed by atoms with Gasteiger partial charge in [0.25, 0.3) is 5.91 Å². The first kappa shape index (κ1) is 17.5. The maximum Gasteiger partial charge on any atom is 0.251 e. The lowest BCUT2D eigenvalue weighted by atomic mass is 10.1. The van der Waals surface area contributed by atoms with Crippen LogP contribution in [0.2, 0.25) is 0 Å². The van der Waals surface area contributed by atoms with Gasteiger partial charge in [0, 0.05) is 31.7 Å². The number of hydrogen-bond donors (Lipinski definition) is 2. The molecule has 23 heavy (non-hydrogen) atoms. The van der Waals surface area contributed by atoms with Crippen LogP contribution in [-0.4, -0.2) is 31.1 Å². The summed E-state index contributed by atoms with van der Waals surface area (Å²) in [6.07, 6.45) is 4.67. The Bertz CT molecular complexity index is 525. The van der Waals surface area contributed by atoms with Gasteiger partial charge in [0.15, 0.2) is 0 Å². The topological polar surface area (TPSA) is 67.4 Å². The zero-order valence-electron chi connectivity index (χ0n) is 13.8. The second-order valence-corrected chi connectivity index (χ2v) is 5.93. The molecule has 1 heterocycles. The maximum absolute atomic E-state index is 12.2. The first-order valence-electron chi connectivity index (χ1n) is 8.44. The van der Waals surface area contributed by atoms with E-state index in [4.69, 9.17) is 4.74 Å². The van der Waals surface area contributed by atoms with Crippen molar-refractivity contribution in [1.29, 1.82) is 0 Å². The third-order valence-corrected chi connectivity index (χ3v) is 3.95. The number of hydrogen-bond acceptors (Lipinski definition) is 3. The molecule has 1 fully saturated rings. The fraction of sp³-hybridized carbons (Fsp3) is 0.556. The molecule has 2 rings (SSSR count). The Morgan fingerprint density at radius 1 is 1.30 bits per heavy atom. The standard InChI is InChI=1S/C18H26N2O3/c1-2-3-9-17(21)19-12-14-6-4-7-15(11-14)18(22)20-13-16-8-5-10-23-16/h4,6-7,11,16H,2-3,5,8-10,12-13H2,1H3,(H,19,21)(H,20,22). The normalized spacial score (nSPS) is 17.0. The minimum atomic E-state index is -0.0975. The molecular weight excluding hydrogens is 292 g/mol. The molecule has 5 heteroatoms. The minimum Gasteiger partial charge on any atom is -0.376 e. The van der Waals surface area contributed by atoms with Crippen LogP contribution >= 0.6 is 0 Å². The number of benzene rings is 1. The van der Waals surface area contributed by atoms with E-state index in [0.29, 0.717) is 25.1 Å². The highest BCUT2D eigenvalue weighted by molar-refractivity contribution is 5.94. The van der Waals surface area contributed by atoms with E-state index in [0.717, 1.165) is 37.9 Å². The van der Waals surface area contributed by atoms with Crippen molar-refractivity contribution in [3.8, 4) is 0 Å². The molecule has 1 atom stereocenters. The van der Waals surface area contributed by atoms with Gasteiger partial charge < -0.3 is 15.4 Å². The van der Waals surface area contributed by atoms with Crippen LogP contribution in [0.3, 0.4) is 0 Å². The molecule has 5 nitrogen and oxygen atoms in total. The van der Waals surface area contributed by atoms with Gasteiger partial charge in [0.05, 0.1) is 6.10 Å². The van der Waals surface area contributed by atoms with E-state index in [9.17, 15) is 9.59 Å². The summed E-state index contributed by atoms with van der Waals surface area (Å²) in [6.45, 7) is 3.85. The second kappa shape index (κ2) is 9.30. The summed E-state index contributed by atoms with van der Waals surface area (Å²) in [7, 11) is 0. The number of nitrogens with one attached hydrogen (secondary N) is 2. The van der Waals surface area contributed by atoms with Crippen LogP contribution in [0.4, 0.5) is 0 Å². The van der Waals surface area contributed by atoms with Crippen molar-refractivity contribution in [2.45, 2.75) is 51.7 Å². The smallest absolute Gasteiger partial charge is 0.251 e. The molecule has 1 saturated heterocycles. The Morgan fingerprint density at radius 2 is 2.17 bits per heavy atom. The van der Waals surface area contributed by atoms with Crippen LogP contribution in [0.15, 0.2) is 24.3 Å². The zero-order valence-corrected chi connectivity index (χ0v) is 13.8. The number of unbranched alkanes of at least 4 members (excludes halogenated alkanes) is 1. The molecule has 1 aliphatic heterocycles. The van der Waals surface area contributed by atoms with Crippen molar-refractivity contribution in [2.24, 2.45) is 0 Å². The van der Waals surface area contributed by atoms with E-state index in [2.05, 4.69) is 17.6 Å². The Hall–Kier alpha value is -1.88. The predicted octanol–water partition coefficient (Wildman–Crippen LogP) is 2.40. The second-order valence-electron chi connectivity index (χ2n) is 5.93. The summed E-state index contributed by atoms with van der Waals surface area (Å²) in [5.41, 5.74) is 1.54. The summed E-state index contributed by atoms with van der Waals surface area (Å²) in [4.78, 5) is 23.8. The van der Waals surface area contributed by atoms with Gasteiger partial charge in [-0.3, -0.25) is 9.59 Å². The van der Waals surface area contributed by atoms with Crippen LogP contribution in [0.5, 0.6) is 0 Å². The molecular formula is C18H26N2O3. The molecule has 0 aromatic heterocycles. The quantitative estimate of drug-likeness (QED) is 0.773. The van der Waals surface area contributed by atoms with E-state index >= 15 is 0 Å². The molecule has 126 valence electrons. The molecule has 1 aromatic rings. The number of carbonyl (C=O) groups excluding carboxylic acids is 2. The number of rotatable bonds is 8. The zero-order chi connectivity index (χ0) is 16.5. The van der Waals surface area contributed by atoms with Gasteiger partial charge in [-0.25, -0.2) is 0 Å². The van der Waals surface area contributed by atoms with Crippen LogP contribution < -0.4 is 10.6 Å². The van der Waals surface area contributed by atoms with Crippen LogP contribution in [0, 0.1) is 0 Å². The Morgan fingerprint density at radius 3 is 2.91 bits per heavy atom. The van der Waals surface area contributed by atoms with Crippen molar-refractivity contribution in [3.63, 3.8) is 0 Å². The Kier molecular flexibility index (Phi) is 7.07. The Balaban J connectivity index is 1.80. The van der Waals surface area contributed by atoms with Crippen LogP contribution in [0.25, 0.3) is 0 Å². The van der Waals surface area contributed by atoms with Crippen molar-refractivity contribution in [1.82, 2.24) is 10.6 Å². The van der Waals surface area contributed by atoms with Gasteiger partial charge in [-0.2, -0.15) is 0 Å². The molecule has 0 spiro atoms. The molecule has 0 aliphatic carbocycles. The highest BCUT2D eigenvalue weighted by atomic mass is 16.5. The maximum atomic E-state index is 12.2. The van der Waals surface area contributed by atoms with Crippen LogP contribution in [-0.2, 0) is 16.1 Å². The van der Waals surface area contributed by atoms with E-state index in [1.807, 2.05) is 18.2 Å².